The molecule has 0 atom stereocenters. The molecule has 0 unspecified atom stereocenters. The van der Waals surface area contributed by atoms with Gasteiger partial charge in [-0.2, -0.15) is 0 Å². The van der Waals surface area contributed by atoms with Gasteiger partial charge in [-0.3, -0.25) is 4.79 Å². The maximum atomic E-state index is 13.3. The molecule has 9 heteroatoms. The first-order chi connectivity index (χ1) is 14.5. The first-order valence-electron chi connectivity index (χ1n) is 9.16. The van der Waals surface area contributed by atoms with Crippen molar-refractivity contribution in [3.63, 3.8) is 0 Å². The summed E-state index contributed by atoms with van der Waals surface area (Å²) in [4.78, 5) is 12.8. The van der Waals surface area contributed by atoms with Gasteiger partial charge in [-0.25, -0.2) is 8.78 Å². The molecule has 0 bridgehead atoms. The molecule has 154 valence electrons. The lowest BCUT2D eigenvalue weighted by Gasteiger charge is -2.06. The van der Waals surface area contributed by atoms with Gasteiger partial charge in [0.2, 0.25) is 0 Å². The van der Waals surface area contributed by atoms with Crippen molar-refractivity contribution < 1.29 is 18.0 Å². The fraction of sp³-hybridized carbons (Fsp3) is 0.190. The number of aryl methyl sites for hydroxylation is 1. The summed E-state index contributed by atoms with van der Waals surface area (Å²) in [6.07, 6.45) is 0.300. The molecule has 0 saturated heterocycles. The molecule has 2 aromatic carbocycles. The molecule has 0 saturated carbocycles. The molecule has 4 rings (SSSR count). The van der Waals surface area contributed by atoms with Gasteiger partial charge < -0.3 is 9.73 Å². The van der Waals surface area contributed by atoms with Crippen LogP contribution >= 0.6 is 23.1 Å². The number of amides is 1. The van der Waals surface area contributed by atoms with Gasteiger partial charge in [-0.1, -0.05) is 41.3 Å². The molecule has 4 aromatic rings. The largest absolute Gasteiger partial charge is 0.451 e. The van der Waals surface area contributed by atoms with E-state index in [0.29, 0.717) is 23.3 Å². The maximum Gasteiger partial charge on any atom is 0.287 e. The second-order valence-corrected chi connectivity index (χ2v) is 8.97. The van der Waals surface area contributed by atoms with E-state index in [0.717, 1.165) is 26.4 Å². The van der Waals surface area contributed by atoms with E-state index in [4.69, 9.17) is 4.42 Å². The smallest absolute Gasteiger partial charge is 0.287 e. The molecule has 1 amide bonds. The van der Waals surface area contributed by atoms with Gasteiger partial charge in [0.25, 0.3) is 5.91 Å². The predicted molar refractivity (Wildman–Crippen MR) is 113 cm³/mol. The SMILES string of the molecule is Cc1nnc(SCc2c(C(=O)NCCc3cc(F)cc(F)c3)oc3ccccc23)s1. The van der Waals surface area contributed by atoms with Gasteiger partial charge >= 0.3 is 0 Å². The van der Waals surface area contributed by atoms with Crippen molar-refractivity contribution in [2.45, 2.75) is 23.4 Å². The number of benzene rings is 2. The van der Waals surface area contributed by atoms with E-state index < -0.39 is 11.6 Å². The molecule has 0 spiro atoms. The highest BCUT2D eigenvalue weighted by Gasteiger charge is 2.21. The molecule has 30 heavy (non-hydrogen) atoms. The Morgan fingerprint density at radius 3 is 2.67 bits per heavy atom. The topological polar surface area (TPSA) is 68.0 Å². The standard InChI is InChI=1S/C21H17F2N3O2S2/c1-12-25-26-21(30-12)29-11-17-16-4-2-3-5-18(16)28-19(17)20(27)24-7-6-13-8-14(22)10-15(23)9-13/h2-5,8-10H,6-7,11H2,1H3,(H,24,27). The van der Waals surface area contributed by atoms with Crippen LogP contribution < -0.4 is 5.32 Å². The lowest BCUT2D eigenvalue weighted by molar-refractivity contribution is 0.0927. The third-order valence-corrected chi connectivity index (χ3v) is 6.37. The minimum atomic E-state index is -0.639. The van der Waals surface area contributed by atoms with Crippen molar-refractivity contribution in [1.29, 1.82) is 0 Å². The quantitative estimate of drug-likeness (QED) is 0.399. The van der Waals surface area contributed by atoms with Crippen LogP contribution in [0.1, 0.15) is 26.7 Å². The van der Waals surface area contributed by atoms with Gasteiger partial charge in [-0.15, -0.1) is 10.2 Å². The Balaban J connectivity index is 1.49. The number of thioether (sulfide) groups is 1. The normalized spacial score (nSPS) is 11.2. The molecule has 0 aliphatic carbocycles. The van der Waals surface area contributed by atoms with Crippen LogP contribution in [0.2, 0.25) is 0 Å². The van der Waals surface area contributed by atoms with Crippen molar-refractivity contribution in [2.75, 3.05) is 6.54 Å². The van der Waals surface area contributed by atoms with Gasteiger partial charge in [0.15, 0.2) is 10.1 Å². The first kappa shape index (κ1) is 20.5. The van der Waals surface area contributed by atoms with E-state index in [-0.39, 0.29) is 18.2 Å². The van der Waals surface area contributed by atoms with Crippen molar-refractivity contribution in [1.82, 2.24) is 15.5 Å². The van der Waals surface area contributed by atoms with Crippen LogP contribution in [0.3, 0.4) is 0 Å². The number of halogens is 2. The maximum absolute atomic E-state index is 13.3. The molecule has 2 aromatic heterocycles. The fourth-order valence-corrected chi connectivity index (χ4v) is 4.90. The Morgan fingerprint density at radius 1 is 1.17 bits per heavy atom. The summed E-state index contributed by atoms with van der Waals surface area (Å²) in [5, 5.41) is 12.6. The molecule has 0 radical (unpaired) electrons. The molecule has 1 N–H and O–H groups in total. The molecular weight excluding hydrogens is 428 g/mol. The van der Waals surface area contributed by atoms with E-state index in [1.165, 1.54) is 35.2 Å². The van der Waals surface area contributed by atoms with Crippen LogP contribution in [0, 0.1) is 18.6 Å². The lowest BCUT2D eigenvalue weighted by Crippen LogP contribution is -2.26. The minimum absolute atomic E-state index is 0.223. The van der Waals surface area contributed by atoms with Crippen LogP contribution in [0.4, 0.5) is 8.78 Å². The Kier molecular flexibility index (Phi) is 6.10. The summed E-state index contributed by atoms with van der Waals surface area (Å²) in [7, 11) is 0. The second-order valence-electron chi connectivity index (χ2n) is 6.57. The van der Waals surface area contributed by atoms with E-state index in [1.54, 1.807) is 0 Å². The molecule has 5 nitrogen and oxygen atoms in total. The summed E-state index contributed by atoms with van der Waals surface area (Å²) in [6.45, 7) is 2.11. The van der Waals surface area contributed by atoms with E-state index >= 15 is 0 Å². The van der Waals surface area contributed by atoms with Crippen LogP contribution in [0.25, 0.3) is 11.0 Å². The van der Waals surface area contributed by atoms with Gasteiger partial charge in [0, 0.05) is 29.3 Å². The number of furan rings is 1. The summed E-state index contributed by atoms with van der Waals surface area (Å²) in [5.41, 5.74) is 1.87. The zero-order valence-electron chi connectivity index (χ0n) is 15.9. The number of aromatic nitrogens is 2. The van der Waals surface area contributed by atoms with Crippen molar-refractivity contribution in [3.05, 3.63) is 76.0 Å². The number of rotatable bonds is 7. The number of nitrogens with one attached hydrogen (secondary N) is 1. The second kappa shape index (κ2) is 8.93. The zero-order valence-corrected chi connectivity index (χ0v) is 17.6. The molecule has 0 aliphatic rings. The molecule has 0 fully saturated rings. The van der Waals surface area contributed by atoms with Crippen LogP contribution in [0.15, 0.2) is 51.2 Å². The van der Waals surface area contributed by atoms with E-state index in [2.05, 4.69) is 15.5 Å². The average molecular weight is 446 g/mol. The number of nitrogens with zero attached hydrogens (tertiary/aromatic N) is 2. The molecule has 0 aliphatic heterocycles. The number of carbonyl (C=O) groups excluding carboxylic acids is 1. The number of para-hydroxylation sites is 1. The minimum Gasteiger partial charge on any atom is -0.451 e. The highest BCUT2D eigenvalue weighted by Crippen LogP contribution is 2.33. The van der Waals surface area contributed by atoms with Crippen LogP contribution in [-0.2, 0) is 12.2 Å². The Hall–Kier alpha value is -2.78. The number of hydrogen-bond donors (Lipinski definition) is 1. The van der Waals surface area contributed by atoms with Gasteiger partial charge in [-0.05, 0) is 37.1 Å². The number of fused-ring (bicyclic) bond motifs is 1. The molecule has 2 heterocycles. The van der Waals surface area contributed by atoms with Crippen molar-refractivity contribution in [2.24, 2.45) is 0 Å². The third-order valence-electron chi connectivity index (χ3n) is 4.37. The monoisotopic (exact) mass is 445 g/mol. The van der Waals surface area contributed by atoms with E-state index in [1.807, 2.05) is 31.2 Å². The van der Waals surface area contributed by atoms with Crippen LogP contribution in [0.5, 0.6) is 0 Å². The highest BCUT2D eigenvalue weighted by atomic mass is 32.2. The third kappa shape index (κ3) is 4.68. The number of carbonyl (C=O) groups is 1. The highest BCUT2D eigenvalue weighted by molar-refractivity contribution is 8.00. The van der Waals surface area contributed by atoms with Crippen LogP contribution in [-0.4, -0.2) is 22.6 Å². The van der Waals surface area contributed by atoms with Crippen molar-refractivity contribution >= 4 is 40.0 Å². The summed E-state index contributed by atoms with van der Waals surface area (Å²) < 4.78 is 33.3. The molecular formula is C21H17F2N3O2S2. The summed E-state index contributed by atoms with van der Waals surface area (Å²) in [6, 6.07) is 10.8. The fourth-order valence-electron chi connectivity index (χ4n) is 3.05. The zero-order chi connectivity index (χ0) is 21.1. The average Bonchev–Trinajstić information content (AvgIpc) is 3.28. The lowest BCUT2D eigenvalue weighted by atomic mass is 10.1. The first-order valence-corrected chi connectivity index (χ1v) is 11.0. The Morgan fingerprint density at radius 2 is 1.93 bits per heavy atom. The Bertz CT molecular complexity index is 1190. The number of hydrogen-bond acceptors (Lipinski definition) is 6. The summed E-state index contributed by atoms with van der Waals surface area (Å²) in [5.74, 6) is -0.911. The van der Waals surface area contributed by atoms with Gasteiger partial charge in [0.1, 0.15) is 22.2 Å². The van der Waals surface area contributed by atoms with Gasteiger partial charge in [0.05, 0.1) is 0 Å². The van der Waals surface area contributed by atoms with E-state index in [9.17, 15) is 13.6 Å². The summed E-state index contributed by atoms with van der Waals surface area (Å²) >= 11 is 2.98. The Labute approximate surface area is 179 Å². The van der Waals surface area contributed by atoms with Crippen molar-refractivity contribution in [3.8, 4) is 0 Å². The predicted octanol–water partition coefficient (Wildman–Crippen LogP) is 5.14.